The normalized spacial score (nSPS) is 28.4. The molecule has 4 bridgehead atoms. The lowest BCUT2D eigenvalue weighted by molar-refractivity contribution is -0.116. The van der Waals surface area contributed by atoms with E-state index >= 15 is 0 Å². The number of nitrogens with one attached hydrogen (secondary N) is 3. The van der Waals surface area contributed by atoms with Crippen LogP contribution in [0.25, 0.3) is 5.69 Å². The van der Waals surface area contributed by atoms with Crippen molar-refractivity contribution in [2.45, 2.75) is 57.4 Å². The van der Waals surface area contributed by atoms with Crippen LogP contribution in [0.3, 0.4) is 0 Å². The van der Waals surface area contributed by atoms with E-state index in [4.69, 9.17) is 0 Å². The molecule has 0 atom stereocenters. The molecule has 0 spiro atoms. The van der Waals surface area contributed by atoms with Crippen LogP contribution in [0, 0.1) is 24.7 Å². The van der Waals surface area contributed by atoms with Crippen molar-refractivity contribution in [1.82, 2.24) is 20.4 Å². The smallest absolute Gasteiger partial charge is 0.315 e. The van der Waals surface area contributed by atoms with Crippen LogP contribution in [-0.2, 0) is 4.79 Å². The zero-order valence-electron chi connectivity index (χ0n) is 18.1. The van der Waals surface area contributed by atoms with Crippen LogP contribution in [0.15, 0.2) is 36.5 Å². The van der Waals surface area contributed by atoms with Gasteiger partial charge in [0.1, 0.15) is 0 Å². The fourth-order valence-corrected chi connectivity index (χ4v) is 6.42. The minimum atomic E-state index is -0.133. The molecule has 3 amide bonds. The maximum absolute atomic E-state index is 12.5. The third kappa shape index (κ3) is 4.31. The molecule has 0 radical (unpaired) electrons. The summed E-state index contributed by atoms with van der Waals surface area (Å²) in [6.07, 6.45) is 9.41. The summed E-state index contributed by atoms with van der Waals surface area (Å²) >= 11 is 0. The first kappa shape index (κ1) is 20.1. The summed E-state index contributed by atoms with van der Waals surface area (Å²) in [6.45, 7) is 2.31. The maximum atomic E-state index is 12.5. The molecule has 6 rings (SSSR count). The summed E-state index contributed by atoms with van der Waals surface area (Å²) in [6, 6.07) is 9.39. The Labute approximate surface area is 183 Å². The van der Waals surface area contributed by atoms with Crippen LogP contribution in [-0.4, -0.2) is 33.8 Å². The second-order valence-corrected chi connectivity index (χ2v) is 9.81. The average Bonchev–Trinajstić information content (AvgIpc) is 3.12. The quantitative estimate of drug-likeness (QED) is 0.663. The molecule has 0 saturated heterocycles. The van der Waals surface area contributed by atoms with Gasteiger partial charge in [-0.1, -0.05) is 6.07 Å². The molecule has 1 aromatic carbocycles. The Morgan fingerprint density at radius 2 is 1.81 bits per heavy atom. The molecule has 4 aliphatic rings. The first-order valence-corrected chi connectivity index (χ1v) is 11.4. The molecular weight excluding hydrogens is 390 g/mol. The van der Waals surface area contributed by atoms with Crippen molar-refractivity contribution in [3.05, 3.63) is 42.2 Å². The van der Waals surface area contributed by atoms with Crippen molar-refractivity contribution >= 4 is 17.6 Å². The third-order valence-electron chi connectivity index (χ3n) is 7.26. The van der Waals surface area contributed by atoms with Crippen LogP contribution in [0.2, 0.25) is 0 Å². The molecule has 2 aromatic rings. The van der Waals surface area contributed by atoms with Gasteiger partial charge in [0.05, 0.1) is 5.69 Å². The predicted molar refractivity (Wildman–Crippen MR) is 119 cm³/mol. The van der Waals surface area contributed by atoms with Gasteiger partial charge in [-0.25, -0.2) is 9.48 Å². The number of amides is 3. The summed E-state index contributed by atoms with van der Waals surface area (Å²) in [5.74, 6) is 2.25. The number of aromatic nitrogens is 2. The van der Waals surface area contributed by atoms with Crippen molar-refractivity contribution in [1.29, 1.82) is 0 Å². The van der Waals surface area contributed by atoms with Crippen molar-refractivity contribution < 1.29 is 9.59 Å². The van der Waals surface area contributed by atoms with Crippen molar-refractivity contribution in [3.63, 3.8) is 0 Å². The van der Waals surface area contributed by atoms with E-state index in [2.05, 4.69) is 21.0 Å². The second-order valence-electron chi connectivity index (χ2n) is 9.81. The second kappa shape index (κ2) is 8.02. The van der Waals surface area contributed by atoms with Gasteiger partial charge in [-0.05, 0) is 87.5 Å². The van der Waals surface area contributed by atoms with E-state index in [0.29, 0.717) is 6.54 Å². The van der Waals surface area contributed by atoms with Gasteiger partial charge in [-0.3, -0.25) is 4.79 Å². The van der Waals surface area contributed by atoms with Gasteiger partial charge in [0.2, 0.25) is 5.91 Å². The van der Waals surface area contributed by atoms with Gasteiger partial charge in [0.25, 0.3) is 0 Å². The van der Waals surface area contributed by atoms with E-state index in [1.54, 1.807) is 6.20 Å². The fraction of sp³-hybridized carbons (Fsp3) is 0.542. The Morgan fingerprint density at radius 3 is 2.45 bits per heavy atom. The summed E-state index contributed by atoms with van der Waals surface area (Å²) in [4.78, 5) is 24.9. The van der Waals surface area contributed by atoms with Gasteiger partial charge in [0, 0.05) is 36.1 Å². The van der Waals surface area contributed by atoms with Crippen molar-refractivity contribution in [2.75, 3.05) is 11.9 Å². The third-order valence-corrected chi connectivity index (χ3v) is 7.26. The molecule has 0 aliphatic heterocycles. The molecule has 31 heavy (non-hydrogen) atoms. The zero-order valence-corrected chi connectivity index (χ0v) is 18.1. The number of aryl methyl sites for hydroxylation is 1. The topological polar surface area (TPSA) is 88.1 Å². The number of carbonyl (C=O) groups excluding carboxylic acids is 2. The molecule has 4 fully saturated rings. The maximum Gasteiger partial charge on any atom is 0.315 e. The lowest BCUT2D eigenvalue weighted by Crippen LogP contribution is -2.61. The number of urea groups is 1. The number of hydrogen-bond donors (Lipinski definition) is 3. The van der Waals surface area contributed by atoms with E-state index < -0.39 is 0 Å². The summed E-state index contributed by atoms with van der Waals surface area (Å²) in [5.41, 5.74) is 2.63. The van der Waals surface area contributed by atoms with Gasteiger partial charge < -0.3 is 16.0 Å². The number of nitrogens with zero attached hydrogens (tertiary/aromatic N) is 2. The number of anilines is 1. The Morgan fingerprint density at radius 1 is 1.10 bits per heavy atom. The molecule has 7 heteroatoms. The van der Waals surface area contributed by atoms with E-state index in [1.807, 2.05) is 41.9 Å². The van der Waals surface area contributed by atoms with Crippen LogP contribution in [0.4, 0.5) is 10.5 Å². The minimum Gasteiger partial charge on any atom is -0.338 e. The van der Waals surface area contributed by atoms with Crippen LogP contribution < -0.4 is 16.0 Å². The fourth-order valence-electron chi connectivity index (χ4n) is 6.42. The minimum absolute atomic E-state index is 0.00777. The SMILES string of the molecule is Cc1ccnn1-c1cccc(NC(=O)CCNC(=O)NC23CC4CC(CC(C4)C2)C3)c1. The number of hydrogen-bond acceptors (Lipinski definition) is 3. The standard InChI is InChI=1S/C24H31N5O2/c1-16-5-8-26-29(16)21-4-2-3-20(12-21)27-22(30)6-7-25-23(31)28-24-13-17-9-18(14-24)11-19(10-17)15-24/h2-5,8,12,17-19H,6-7,9-11,13-15H2,1H3,(H,27,30)(H2,25,28,31). The Bertz CT molecular complexity index is 947. The van der Waals surface area contributed by atoms with Gasteiger partial charge in [-0.15, -0.1) is 0 Å². The van der Waals surface area contributed by atoms with Crippen molar-refractivity contribution in [2.24, 2.45) is 17.8 Å². The molecule has 7 nitrogen and oxygen atoms in total. The van der Waals surface area contributed by atoms with Crippen LogP contribution >= 0.6 is 0 Å². The molecule has 4 saturated carbocycles. The number of benzene rings is 1. The molecular formula is C24H31N5O2. The molecule has 1 aromatic heterocycles. The lowest BCUT2D eigenvalue weighted by Gasteiger charge is -2.56. The summed E-state index contributed by atoms with van der Waals surface area (Å²) < 4.78 is 1.83. The Hall–Kier alpha value is -2.83. The van der Waals surface area contributed by atoms with E-state index in [1.165, 1.54) is 19.3 Å². The van der Waals surface area contributed by atoms with E-state index in [0.717, 1.165) is 54.1 Å². The monoisotopic (exact) mass is 421 g/mol. The first-order valence-electron chi connectivity index (χ1n) is 11.4. The van der Waals surface area contributed by atoms with Gasteiger partial charge in [0.15, 0.2) is 0 Å². The largest absolute Gasteiger partial charge is 0.338 e. The summed E-state index contributed by atoms with van der Waals surface area (Å²) in [5, 5.41) is 13.4. The highest BCUT2D eigenvalue weighted by Gasteiger charge is 2.51. The number of carbonyl (C=O) groups is 2. The molecule has 1 heterocycles. The van der Waals surface area contributed by atoms with Crippen molar-refractivity contribution in [3.8, 4) is 5.69 Å². The van der Waals surface area contributed by atoms with E-state index in [-0.39, 0.29) is 23.9 Å². The predicted octanol–water partition coefficient (Wildman–Crippen LogP) is 3.78. The summed E-state index contributed by atoms with van der Waals surface area (Å²) in [7, 11) is 0. The molecule has 3 N–H and O–H groups in total. The number of rotatable bonds is 6. The van der Waals surface area contributed by atoms with Crippen LogP contribution in [0.1, 0.15) is 50.6 Å². The molecule has 4 aliphatic carbocycles. The lowest BCUT2D eigenvalue weighted by atomic mass is 9.53. The zero-order chi connectivity index (χ0) is 21.4. The molecule has 164 valence electrons. The highest BCUT2D eigenvalue weighted by atomic mass is 16.2. The van der Waals surface area contributed by atoms with Gasteiger partial charge in [-0.2, -0.15) is 5.10 Å². The highest BCUT2D eigenvalue weighted by Crippen LogP contribution is 2.55. The average molecular weight is 422 g/mol. The van der Waals surface area contributed by atoms with Gasteiger partial charge >= 0.3 is 6.03 Å². The first-order chi connectivity index (χ1) is 15.0. The highest BCUT2D eigenvalue weighted by molar-refractivity contribution is 5.91. The van der Waals surface area contributed by atoms with E-state index in [9.17, 15) is 9.59 Å². The van der Waals surface area contributed by atoms with Crippen LogP contribution in [0.5, 0.6) is 0 Å². The Balaban J connectivity index is 1.09. The Kier molecular flexibility index (Phi) is 5.20. The molecule has 0 unspecified atom stereocenters.